The molecule has 0 aromatic heterocycles. The molecule has 0 spiro atoms. The van der Waals surface area contributed by atoms with Crippen molar-refractivity contribution in [3.05, 3.63) is 77.1 Å². The van der Waals surface area contributed by atoms with Crippen molar-refractivity contribution >= 4 is 39.1 Å². The van der Waals surface area contributed by atoms with Crippen LogP contribution in [0, 0.1) is 5.82 Å². The number of methoxy groups -OCH3 is 3. The van der Waals surface area contributed by atoms with Crippen LogP contribution >= 0.6 is 11.6 Å². The fourth-order valence-corrected chi connectivity index (χ4v) is 5.94. The van der Waals surface area contributed by atoms with E-state index < -0.39 is 45.8 Å². The number of carbonyl (C=O) groups is 2. The number of nitrogens with zero attached hydrogens (tertiary/aromatic N) is 2. The molecule has 0 unspecified atom stereocenters. The van der Waals surface area contributed by atoms with E-state index in [2.05, 4.69) is 5.32 Å². The molecular weight excluding hydrogens is 613 g/mol. The number of carbonyl (C=O) groups excluding carboxylic acids is 2. The van der Waals surface area contributed by atoms with Crippen LogP contribution in [0.25, 0.3) is 0 Å². The van der Waals surface area contributed by atoms with Gasteiger partial charge in [-0.3, -0.25) is 13.9 Å². The molecule has 0 bridgehead atoms. The zero-order valence-corrected chi connectivity index (χ0v) is 27.3. The second-order valence-corrected chi connectivity index (χ2v) is 13.2. The number of amides is 2. The zero-order valence-electron chi connectivity index (χ0n) is 25.7. The number of nitrogens with one attached hydrogen (secondary N) is 1. The Morgan fingerprint density at radius 3 is 2.14 bits per heavy atom. The first-order chi connectivity index (χ1) is 20.6. The van der Waals surface area contributed by atoms with E-state index in [-0.39, 0.29) is 39.2 Å². The predicted molar refractivity (Wildman–Crippen MR) is 166 cm³/mol. The molecule has 0 aliphatic rings. The van der Waals surface area contributed by atoms with E-state index in [0.29, 0.717) is 5.75 Å². The van der Waals surface area contributed by atoms with Gasteiger partial charge in [0.15, 0.2) is 11.5 Å². The largest absolute Gasteiger partial charge is 0.495 e. The Kier molecular flexibility index (Phi) is 11.1. The molecule has 0 saturated heterocycles. The van der Waals surface area contributed by atoms with Crippen molar-refractivity contribution in [2.24, 2.45) is 0 Å². The van der Waals surface area contributed by atoms with Gasteiger partial charge in [0.2, 0.25) is 11.8 Å². The summed E-state index contributed by atoms with van der Waals surface area (Å²) in [6.07, 6.45) is 0. The maximum Gasteiger partial charge on any atom is 0.265 e. The molecule has 44 heavy (non-hydrogen) atoms. The number of halogens is 2. The van der Waals surface area contributed by atoms with Crippen LogP contribution in [0.15, 0.2) is 65.6 Å². The summed E-state index contributed by atoms with van der Waals surface area (Å²) >= 11 is 6.28. The van der Waals surface area contributed by atoms with E-state index in [9.17, 15) is 22.4 Å². The molecule has 238 valence electrons. The Morgan fingerprint density at radius 1 is 0.932 bits per heavy atom. The third-order valence-corrected chi connectivity index (χ3v) is 8.59. The molecule has 3 rings (SSSR count). The van der Waals surface area contributed by atoms with Crippen LogP contribution in [0.1, 0.15) is 33.3 Å². The van der Waals surface area contributed by atoms with Gasteiger partial charge in [-0.05, 0) is 64.1 Å². The minimum atomic E-state index is -4.51. The van der Waals surface area contributed by atoms with Crippen LogP contribution in [0.3, 0.4) is 0 Å². The van der Waals surface area contributed by atoms with E-state index in [1.54, 1.807) is 26.8 Å². The first kappa shape index (κ1) is 34.5. The van der Waals surface area contributed by atoms with Gasteiger partial charge in [-0.25, -0.2) is 12.8 Å². The predicted octanol–water partition coefficient (Wildman–Crippen LogP) is 5.03. The molecule has 3 aromatic carbocycles. The van der Waals surface area contributed by atoms with Gasteiger partial charge in [0.25, 0.3) is 10.0 Å². The van der Waals surface area contributed by atoms with Gasteiger partial charge >= 0.3 is 0 Å². The highest BCUT2D eigenvalue weighted by Gasteiger charge is 2.35. The van der Waals surface area contributed by atoms with Gasteiger partial charge in [-0.1, -0.05) is 29.8 Å². The van der Waals surface area contributed by atoms with Gasteiger partial charge < -0.3 is 24.4 Å². The van der Waals surface area contributed by atoms with Crippen molar-refractivity contribution in [1.29, 1.82) is 0 Å². The Bertz CT molecular complexity index is 1610. The zero-order chi connectivity index (χ0) is 32.8. The maximum absolute atomic E-state index is 14.8. The molecule has 0 fully saturated rings. The van der Waals surface area contributed by atoms with Gasteiger partial charge in [-0.2, -0.15) is 0 Å². The highest BCUT2D eigenvalue weighted by Crippen LogP contribution is 2.37. The van der Waals surface area contributed by atoms with E-state index in [1.165, 1.54) is 82.9 Å². The molecule has 10 nitrogen and oxygen atoms in total. The van der Waals surface area contributed by atoms with Crippen molar-refractivity contribution in [2.45, 2.75) is 50.7 Å². The van der Waals surface area contributed by atoms with Crippen molar-refractivity contribution in [3.8, 4) is 17.2 Å². The van der Waals surface area contributed by atoms with Gasteiger partial charge in [0.05, 0.1) is 31.9 Å². The average Bonchev–Trinajstić information content (AvgIpc) is 2.97. The molecule has 2 amide bonds. The standard InChI is InChI=1S/C31H37ClFN3O7S/c1-20(30(38)34-31(2,3)4)35(18-21-10-8-9-11-24(21)33)29(37)19-36(25-16-22(32)12-14-26(25)41-5)44(39,40)23-13-15-27(42-6)28(17-23)43-7/h8-17,20H,18-19H2,1-7H3,(H,34,38)/t20-/m0/s1. The van der Waals surface area contributed by atoms with E-state index in [4.69, 9.17) is 25.8 Å². The van der Waals surface area contributed by atoms with Gasteiger partial charge in [-0.15, -0.1) is 0 Å². The number of anilines is 1. The van der Waals surface area contributed by atoms with Crippen LogP contribution in [0.2, 0.25) is 5.02 Å². The summed E-state index contributed by atoms with van der Waals surface area (Å²) in [6.45, 7) is 5.75. The smallest absolute Gasteiger partial charge is 0.265 e. The van der Waals surface area contributed by atoms with Crippen molar-refractivity contribution in [3.63, 3.8) is 0 Å². The highest BCUT2D eigenvalue weighted by atomic mass is 35.5. The molecule has 0 aliphatic heterocycles. The summed E-state index contributed by atoms with van der Waals surface area (Å²) in [5.74, 6) is -1.31. The normalized spacial score (nSPS) is 12.2. The Morgan fingerprint density at radius 2 is 1.55 bits per heavy atom. The van der Waals surface area contributed by atoms with E-state index in [1.807, 2.05) is 0 Å². The quantitative estimate of drug-likeness (QED) is 0.293. The third kappa shape index (κ3) is 8.11. The number of hydrogen-bond acceptors (Lipinski definition) is 7. The molecule has 1 N–H and O–H groups in total. The molecule has 3 aromatic rings. The first-order valence-corrected chi connectivity index (χ1v) is 15.4. The maximum atomic E-state index is 14.8. The second kappa shape index (κ2) is 14.2. The van der Waals surface area contributed by atoms with Crippen LogP contribution in [0.5, 0.6) is 17.2 Å². The lowest BCUT2D eigenvalue weighted by atomic mass is 10.1. The topological polar surface area (TPSA) is 114 Å². The average molecular weight is 650 g/mol. The molecule has 1 atom stereocenters. The summed E-state index contributed by atoms with van der Waals surface area (Å²) in [7, 11) is -0.389. The monoisotopic (exact) mass is 649 g/mol. The van der Waals surface area contributed by atoms with Gasteiger partial charge in [0, 0.05) is 28.7 Å². The third-order valence-electron chi connectivity index (χ3n) is 6.60. The van der Waals surface area contributed by atoms with Crippen LogP contribution in [-0.4, -0.2) is 64.6 Å². The number of sulfonamides is 1. The van der Waals surface area contributed by atoms with Crippen molar-refractivity contribution in [2.75, 3.05) is 32.2 Å². The molecule has 13 heteroatoms. The minimum absolute atomic E-state index is 0.0271. The number of rotatable bonds is 12. The highest BCUT2D eigenvalue weighted by molar-refractivity contribution is 7.92. The lowest BCUT2D eigenvalue weighted by Crippen LogP contribution is -2.54. The Labute approximate surface area is 262 Å². The molecule has 0 radical (unpaired) electrons. The summed E-state index contributed by atoms with van der Waals surface area (Å²) < 4.78 is 60.1. The number of hydrogen-bond donors (Lipinski definition) is 1. The van der Waals surface area contributed by atoms with Crippen molar-refractivity contribution in [1.82, 2.24) is 10.2 Å². The number of ether oxygens (including phenoxy) is 3. The first-order valence-electron chi connectivity index (χ1n) is 13.6. The summed E-state index contributed by atoms with van der Waals surface area (Å²) in [5, 5.41) is 3.01. The molecular formula is C31H37ClFN3O7S. The molecule has 0 saturated carbocycles. The summed E-state index contributed by atoms with van der Waals surface area (Å²) in [6, 6.07) is 13.0. The second-order valence-electron chi connectivity index (χ2n) is 10.9. The van der Waals surface area contributed by atoms with E-state index in [0.717, 1.165) is 9.21 Å². The Hall–Kier alpha value is -4.03. The van der Waals surface area contributed by atoms with E-state index >= 15 is 0 Å². The fourth-order valence-electron chi connectivity index (χ4n) is 4.34. The number of benzene rings is 3. The van der Waals surface area contributed by atoms with Gasteiger partial charge in [0.1, 0.15) is 24.2 Å². The minimum Gasteiger partial charge on any atom is -0.495 e. The molecule has 0 heterocycles. The van der Waals surface area contributed by atoms with Crippen LogP contribution < -0.4 is 23.8 Å². The summed E-state index contributed by atoms with van der Waals surface area (Å²) in [4.78, 5) is 28.3. The van der Waals surface area contributed by atoms with Crippen molar-refractivity contribution < 1.29 is 36.6 Å². The lowest BCUT2D eigenvalue weighted by Gasteiger charge is -2.34. The fraction of sp³-hybridized carbons (Fsp3) is 0.355. The van der Waals surface area contributed by atoms with Crippen LogP contribution in [0.4, 0.5) is 10.1 Å². The van der Waals surface area contributed by atoms with Crippen LogP contribution in [-0.2, 0) is 26.2 Å². The molecule has 0 aliphatic carbocycles. The summed E-state index contributed by atoms with van der Waals surface area (Å²) in [5.41, 5.74) is -0.513. The SMILES string of the molecule is COc1ccc(S(=O)(=O)N(CC(=O)N(Cc2ccccc2F)[C@@H](C)C(=O)NC(C)(C)C)c2cc(Cl)ccc2OC)cc1OC. The lowest BCUT2D eigenvalue weighted by molar-refractivity contribution is -0.140. The Balaban J connectivity index is 2.17.